The molecule has 0 bridgehead atoms. The van der Waals surface area contributed by atoms with Crippen LogP contribution >= 0.6 is 0 Å². The Balaban J connectivity index is 1.55. The predicted molar refractivity (Wildman–Crippen MR) is 102 cm³/mol. The number of amides is 2. The third-order valence-corrected chi connectivity index (χ3v) is 5.43. The van der Waals surface area contributed by atoms with Crippen molar-refractivity contribution in [2.24, 2.45) is 11.8 Å². The summed E-state index contributed by atoms with van der Waals surface area (Å²) in [4.78, 5) is 39.2. The van der Waals surface area contributed by atoms with Crippen molar-refractivity contribution in [1.82, 2.24) is 0 Å². The molecule has 1 aliphatic carbocycles. The minimum atomic E-state index is -0.538. The fraction of sp³-hybridized carbons (Fsp3) is 0.318. The van der Waals surface area contributed by atoms with Gasteiger partial charge in [0.15, 0.2) is 0 Å². The van der Waals surface area contributed by atoms with Gasteiger partial charge in [-0.2, -0.15) is 0 Å². The largest absolute Gasteiger partial charge is 0.497 e. The van der Waals surface area contributed by atoms with Crippen molar-refractivity contribution in [2.45, 2.75) is 25.7 Å². The van der Waals surface area contributed by atoms with Gasteiger partial charge in [0.05, 0.1) is 30.2 Å². The Hall–Kier alpha value is -3.15. The molecule has 2 fully saturated rings. The van der Waals surface area contributed by atoms with Crippen LogP contribution in [0.2, 0.25) is 0 Å². The van der Waals surface area contributed by atoms with Crippen molar-refractivity contribution >= 4 is 23.5 Å². The number of fused-ring (bicyclic) bond motifs is 1. The van der Waals surface area contributed by atoms with Crippen molar-refractivity contribution in [1.29, 1.82) is 0 Å². The Bertz CT molecular complexity index is 914. The highest BCUT2D eigenvalue weighted by Crippen LogP contribution is 2.40. The van der Waals surface area contributed by atoms with E-state index in [2.05, 4.69) is 0 Å². The van der Waals surface area contributed by atoms with Crippen LogP contribution in [0.25, 0.3) is 0 Å². The van der Waals surface area contributed by atoms with Gasteiger partial charge in [-0.3, -0.25) is 9.59 Å². The quantitative estimate of drug-likeness (QED) is 0.461. The van der Waals surface area contributed by atoms with Gasteiger partial charge in [-0.1, -0.05) is 25.0 Å². The van der Waals surface area contributed by atoms with Crippen LogP contribution in [0.5, 0.6) is 11.5 Å². The van der Waals surface area contributed by atoms with Crippen LogP contribution in [0.15, 0.2) is 48.5 Å². The second-order valence-electron chi connectivity index (χ2n) is 7.13. The normalized spacial score (nSPS) is 21.4. The van der Waals surface area contributed by atoms with E-state index in [-0.39, 0.29) is 29.4 Å². The number of carbonyl (C=O) groups excluding carboxylic acids is 3. The number of esters is 1. The lowest BCUT2D eigenvalue weighted by atomic mass is 9.81. The summed E-state index contributed by atoms with van der Waals surface area (Å²) in [6, 6.07) is 13.2. The highest BCUT2D eigenvalue weighted by Gasteiger charge is 2.48. The van der Waals surface area contributed by atoms with Gasteiger partial charge in [0.25, 0.3) is 0 Å². The molecule has 2 aromatic rings. The number of hydrogen-bond acceptors (Lipinski definition) is 5. The van der Waals surface area contributed by atoms with Gasteiger partial charge in [-0.05, 0) is 43.2 Å². The number of methoxy groups -OCH3 is 1. The van der Waals surface area contributed by atoms with E-state index >= 15 is 0 Å². The van der Waals surface area contributed by atoms with Crippen molar-refractivity contribution in [3.05, 3.63) is 54.1 Å². The van der Waals surface area contributed by atoms with Crippen molar-refractivity contribution in [2.75, 3.05) is 12.0 Å². The highest BCUT2D eigenvalue weighted by molar-refractivity contribution is 6.22. The zero-order valence-electron chi connectivity index (χ0n) is 15.6. The minimum absolute atomic E-state index is 0.147. The average molecular weight is 379 g/mol. The number of ether oxygens (including phenoxy) is 2. The first kappa shape index (κ1) is 18.2. The van der Waals surface area contributed by atoms with Crippen molar-refractivity contribution in [3.8, 4) is 11.5 Å². The first-order chi connectivity index (χ1) is 13.6. The summed E-state index contributed by atoms with van der Waals surface area (Å²) in [6.45, 7) is 0. The molecule has 0 N–H and O–H groups in total. The monoisotopic (exact) mass is 379 g/mol. The zero-order valence-corrected chi connectivity index (χ0v) is 15.6. The maximum Gasteiger partial charge on any atom is 0.343 e. The fourth-order valence-corrected chi connectivity index (χ4v) is 4.02. The van der Waals surface area contributed by atoms with E-state index in [0.29, 0.717) is 17.0 Å². The molecule has 6 nitrogen and oxygen atoms in total. The van der Waals surface area contributed by atoms with Gasteiger partial charge >= 0.3 is 5.97 Å². The second kappa shape index (κ2) is 7.46. The summed E-state index contributed by atoms with van der Waals surface area (Å²) in [5, 5.41) is 0. The molecule has 4 rings (SSSR count). The molecule has 1 saturated carbocycles. The first-order valence-electron chi connectivity index (χ1n) is 9.42. The van der Waals surface area contributed by atoms with Crippen LogP contribution < -0.4 is 14.4 Å². The van der Waals surface area contributed by atoms with Crippen LogP contribution in [0.1, 0.15) is 36.0 Å². The fourth-order valence-electron chi connectivity index (χ4n) is 4.02. The highest BCUT2D eigenvalue weighted by atomic mass is 16.5. The third kappa shape index (κ3) is 3.26. The summed E-state index contributed by atoms with van der Waals surface area (Å²) in [5.41, 5.74) is 0.796. The van der Waals surface area contributed by atoms with Crippen LogP contribution in [0.3, 0.4) is 0 Å². The van der Waals surface area contributed by atoms with Crippen LogP contribution in [0, 0.1) is 11.8 Å². The molecule has 144 valence electrons. The number of hydrogen-bond donors (Lipinski definition) is 0. The number of benzene rings is 2. The standard InChI is InChI=1S/C22H21NO5/c1-27-16-8-4-6-14(12-16)22(26)28-17-9-5-7-15(13-17)23-20(24)18-10-2-3-11-19(18)21(23)25/h4-9,12-13,18-19H,2-3,10-11H2,1H3. The Kier molecular flexibility index (Phi) is 4.86. The van der Waals surface area contributed by atoms with E-state index < -0.39 is 5.97 Å². The topological polar surface area (TPSA) is 72.9 Å². The molecule has 2 aliphatic rings. The molecule has 2 aromatic carbocycles. The minimum Gasteiger partial charge on any atom is -0.497 e. The molecule has 2 amide bonds. The zero-order chi connectivity index (χ0) is 19.7. The van der Waals surface area contributed by atoms with Crippen molar-refractivity contribution in [3.63, 3.8) is 0 Å². The number of nitrogens with zero attached hydrogens (tertiary/aromatic N) is 1. The lowest BCUT2D eigenvalue weighted by Crippen LogP contribution is -2.30. The van der Waals surface area contributed by atoms with Gasteiger partial charge in [-0.25, -0.2) is 9.69 Å². The Morgan fingerprint density at radius 2 is 1.57 bits per heavy atom. The van der Waals surface area contributed by atoms with Crippen molar-refractivity contribution < 1.29 is 23.9 Å². The van der Waals surface area contributed by atoms with Crippen LogP contribution in [-0.2, 0) is 9.59 Å². The molecule has 2 unspecified atom stereocenters. The lowest BCUT2D eigenvalue weighted by molar-refractivity contribution is -0.122. The maximum atomic E-state index is 12.8. The van der Waals surface area contributed by atoms with E-state index in [1.807, 2.05) is 0 Å². The van der Waals surface area contributed by atoms with Crippen LogP contribution in [0.4, 0.5) is 5.69 Å². The van der Waals surface area contributed by atoms with Crippen LogP contribution in [-0.4, -0.2) is 24.9 Å². The molecule has 0 spiro atoms. The van der Waals surface area contributed by atoms with Gasteiger partial charge in [0.2, 0.25) is 11.8 Å². The van der Waals surface area contributed by atoms with E-state index in [4.69, 9.17) is 9.47 Å². The number of anilines is 1. The number of imide groups is 1. The predicted octanol–water partition coefficient (Wildman–Crippen LogP) is 3.59. The molecule has 0 radical (unpaired) electrons. The molecule has 28 heavy (non-hydrogen) atoms. The number of carbonyl (C=O) groups is 3. The molecule has 1 heterocycles. The first-order valence-corrected chi connectivity index (χ1v) is 9.42. The number of rotatable bonds is 4. The molecule has 1 aliphatic heterocycles. The summed E-state index contributed by atoms with van der Waals surface area (Å²) < 4.78 is 10.6. The SMILES string of the molecule is COc1cccc(C(=O)Oc2cccc(N3C(=O)C4CCCCC4C3=O)c2)c1. The van der Waals surface area contributed by atoms with E-state index in [1.165, 1.54) is 12.0 Å². The van der Waals surface area contributed by atoms with Gasteiger partial charge in [0.1, 0.15) is 11.5 Å². The molecular formula is C22H21NO5. The molecule has 2 atom stereocenters. The maximum absolute atomic E-state index is 12.8. The molecule has 0 aromatic heterocycles. The average Bonchev–Trinajstić information content (AvgIpc) is 2.99. The summed E-state index contributed by atoms with van der Waals surface area (Å²) in [5.74, 6) is -0.436. The molecular weight excluding hydrogens is 358 g/mol. The van der Waals surface area contributed by atoms with Gasteiger partial charge in [0, 0.05) is 6.07 Å². The van der Waals surface area contributed by atoms with E-state index in [1.54, 1.807) is 48.5 Å². The Morgan fingerprint density at radius 1 is 0.929 bits per heavy atom. The van der Waals surface area contributed by atoms with E-state index in [9.17, 15) is 14.4 Å². The molecule has 1 saturated heterocycles. The summed E-state index contributed by atoms with van der Waals surface area (Å²) in [7, 11) is 1.52. The summed E-state index contributed by atoms with van der Waals surface area (Å²) >= 11 is 0. The smallest absolute Gasteiger partial charge is 0.343 e. The second-order valence-corrected chi connectivity index (χ2v) is 7.13. The molecule has 6 heteroatoms. The van der Waals surface area contributed by atoms with E-state index in [0.717, 1.165) is 25.7 Å². The van der Waals surface area contributed by atoms with Gasteiger partial charge in [-0.15, -0.1) is 0 Å². The third-order valence-electron chi connectivity index (χ3n) is 5.43. The Labute approximate surface area is 163 Å². The summed E-state index contributed by atoms with van der Waals surface area (Å²) in [6.07, 6.45) is 3.48. The van der Waals surface area contributed by atoms with Gasteiger partial charge < -0.3 is 9.47 Å². The lowest BCUT2D eigenvalue weighted by Gasteiger charge is -2.19. The Morgan fingerprint density at radius 3 is 2.25 bits per heavy atom.